The van der Waals surface area contributed by atoms with Gasteiger partial charge in [-0.1, -0.05) is 39.5 Å². The summed E-state index contributed by atoms with van der Waals surface area (Å²) in [5.74, 6) is -4.11. The van der Waals surface area contributed by atoms with E-state index in [9.17, 15) is 4.39 Å². The van der Waals surface area contributed by atoms with Crippen molar-refractivity contribution in [3.63, 3.8) is 0 Å². The van der Waals surface area contributed by atoms with E-state index in [2.05, 4.69) is 6.92 Å². The van der Waals surface area contributed by atoms with Gasteiger partial charge in [0, 0.05) is 11.1 Å². The van der Waals surface area contributed by atoms with Gasteiger partial charge in [0.25, 0.3) is 0 Å². The van der Waals surface area contributed by atoms with Crippen LogP contribution in [0.5, 0.6) is 5.75 Å². The molecule has 2 aromatic rings. The molecule has 0 spiro atoms. The molecule has 1 aliphatic carbocycles. The Kier molecular flexibility index (Phi) is 7.84. The van der Waals surface area contributed by atoms with E-state index in [1.807, 2.05) is 13.0 Å². The number of halogens is 4. The van der Waals surface area contributed by atoms with Crippen molar-refractivity contribution in [2.75, 3.05) is 13.2 Å². The van der Waals surface area contributed by atoms with E-state index < -0.39 is 23.3 Å². The van der Waals surface area contributed by atoms with Crippen LogP contribution in [0, 0.1) is 29.2 Å². The number of benzene rings is 2. The summed E-state index contributed by atoms with van der Waals surface area (Å²) >= 11 is 0. The second-order valence-electron chi connectivity index (χ2n) is 9.30. The van der Waals surface area contributed by atoms with Gasteiger partial charge in [0.1, 0.15) is 5.76 Å². The van der Waals surface area contributed by atoms with E-state index in [0.29, 0.717) is 48.7 Å². The normalized spacial score (nSPS) is 17.0. The fourth-order valence-electron chi connectivity index (χ4n) is 4.83. The molecule has 1 unspecified atom stereocenters. The maximum absolute atomic E-state index is 15.3. The second-order valence-corrected chi connectivity index (χ2v) is 9.30. The average molecular weight is 477 g/mol. The van der Waals surface area contributed by atoms with Gasteiger partial charge in [0.05, 0.1) is 18.8 Å². The highest BCUT2D eigenvalue weighted by atomic mass is 19.2. The van der Waals surface area contributed by atoms with Crippen molar-refractivity contribution in [2.24, 2.45) is 5.92 Å². The van der Waals surface area contributed by atoms with Gasteiger partial charge in [0.15, 0.2) is 23.2 Å². The monoisotopic (exact) mass is 476 g/mol. The maximum Gasteiger partial charge on any atom is 0.201 e. The molecule has 2 aliphatic rings. The quantitative estimate of drug-likeness (QED) is 0.269. The molecular formula is C28H32F4O2. The highest BCUT2D eigenvalue weighted by Crippen LogP contribution is 2.43. The first kappa shape index (κ1) is 24.6. The average Bonchev–Trinajstić information content (AvgIpc) is 2.85. The van der Waals surface area contributed by atoms with Crippen LogP contribution in [0.2, 0.25) is 0 Å². The Morgan fingerprint density at radius 1 is 0.853 bits per heavy atom. The molecule has 0 fully saturated rings. The van der Waals surface area contributed by atoms with Crippen molar-refractivity contribution in [1.29, 1.82) is 0 Å². The van der Waals surface area contributed by atoms with Crippen LogP contribution in [0.1, 0.15) is 75.5 Å². The highest BCUT2D eigenvalue weighted by Gasteiger charge is 2.31. The van der Waals surface area contributed by atoms with Gasteiger partial charge in [-0.2, -0.15) is 4.39 Å². The van der Waals surface area contributed by atoms with E-state index in [0.717, 1.165) is 32.1 Å². The van der Waals surface area contributed by atoms with E-state index >= 15 is 13.2 Å². The third-order valence-electron chi connectivity index (χ3n) is 6.80. The molecular weight excluding hydrogens is 444 g/mol. The molecule has 2 nitrogen and oxygen atoms in total. The van der Waals surface area contributed by atoms with Crippen molar-refractivity contribution in [1.82, 2.24) is 0 Å². The van der Waals surface area contributed by atoms with Crippen LogP contribution in [0.15, 0.2) is 18.2 Å². The summed E-state index contributed by atoms with van der Waals surface area (Å²) in [6.45, 7) is 4.86. The fraction of sp³-hybridized carbons (Fsp3) is 0.500. The Balaban J connectivity index is 1.65. The molecule has 34 heavy (non-hydrogen) atoms. The number of rotatable bonds is 9. The number of fused-ring (bicyclic) bond motifs is 3. The Bertz CT molecular complexity index is 1080. The topological polar surface area (TPSA) is 18.5 Å². The smallest absolute Gasteiger partial charge is 0.201 e. The van der Waals surface area contributed by atoms with Crippen LogP contribution in [-0.2, 0) is 17.6 Å². The lowest BCUT2D eigenvalue weighted by molar-refractivity contribution is 0.190. The maximum atomic E-state index is 15.3. The summed E-state index contributed by atoms with van der Waals surface area (Å²) in [5, 5.41) is 0. The molecule has 0 bridgehead atoms. The molecule has 0 N–H and O–H groups in total. The van der Waals surface area contributed by atoms with Gasteiger partial charge < -0.3 is 9.47 Å². The van der Waals surface area contributed by atoms with Gasteiger partial charge in [-0.25, -0.2) is 13.2 Å². The predicted molar refractivity (Wildman–Crippen MR) is 126 cm³/mol. The van der Waals surface area contributed by atoms with E-state index in [-0.39, 0.29) is 29.0 Å². The molecule has 0 amide bonds. The molecule has 0 aromatic heterocycles. The lowest BCUT2D eigenvalue weighted by Crippen LogP contribution is -2.16. The van der Waals surface area contributed by atoms with Crippen LogP contribution >= 0.6 is 0 Å². The molecule has 184 valence electrons. The zero-order valence-corrected chi connectivity index (χ0v) is 19.9. The molecule has 0 saturated carbocycles. The van der Waals surface area contributed by atoms with Gasteiger partial charge in [-0.15, -0.1) is 0 Å². The van der Waals surface area contributed by atoms with Crippen LogP contribution in [0.3, 0.4) is 0 Å². The van der Waals surface area contributed by atoms with E-state index in [4.69, 9.17) is 9.47 Å². The zero-order chi connectivity index (χ0) is 24.2. The van der Waals surface area contributed by atoms with Gasteiger partial charge in [0.2, 0.25) is 5.82 Å². The van der Waals surface area contributed by atoms with Crippen molar-refractivity contribution in [3.8, 4) is 16.9 Å². The largest absolute Gasteiger partial charge is 0.493 e. The van der Waals surface area contributed by atoms with Crippen LogP contribution in [0.4, 0.5) is 17.6 Å². The minimum Gasteiger partial charge on any atom is -0.493 e. The van der Waals surface area contributed by atoms with Crippen molar-refractivity contribution in [2.45, 2.75) is 71.6 Å². The van der Waals surface area contributed by atoms with Gasteiger partial charge >= 0.3 is 0 Å². The van der Waals surface area contributed by atoms with Gasteiger partial charge in [-0.3, -0.25) is 0 Å². The summed E-state index contributed by atoms with van der Waals surface area (Å²) < 4.78 is 71.6. The third kappa shape index (κ3) is 4.82. The Labute approximate surface area is 199 Å². The summed E-state index contributed by atoms with van der Waals surface area (Å²) in [6.07, 6.45) is 9.40. The Morgan fingerprint density at radius 2 is 1.53 bits per heavy atom. The molecule has 0 radical (unpaired) electrons. The fourth-order valence-corrected chi connectivity index (χ4v) is 4.83. The zero-order valence-electron chi connectivity index (χ0n) is 19.9. The molecule has 1 aliphatic heterocycles. The summed E-state index contributed by atoms with van der Waals surface area (Å²) in [6, 6.07) is 2.95. The number of allylic oxidation sites excluding steroid dienone is 1. The summed E-state index contributed by atoms with van der Waals surface area (Å²) in [4.78, 5) is 0. The molecule has 6 heteroatoms. The van der Waals surface area contributed by atoms with Crippen LogP contribution < -0.4 is 4.74 Å². The van der Waals surface area contributed by atoms with Crippen LogP contribution in [-0.4, -0.2) is 13.2 Å². The number of ether oxygens (including phenoxy) is 2. The highest BCUT2D eigenvalue weighted by molar-refractivity contribution is 5.78. The van der Waals surface area contributed by atoms with Crippen LogP contribution in [0.25, 0.3) is 16.9 Å². The third-order valence-corrected chi connectivity index (χ3v) is 6.80. The first-order valence-electron chi connectivity index (χ1n) is 12.4. The Hall–Kier alpha value is -2.50. The van der Waals surface area contributed by atoms with E-state index in [1.54, 1.807) is 0 Å². The SMILES string of the molecule is CCCCCC1CC=C(c2cc3c(c(F)c2F)-c2c(cc(OCCCC)c(F)c2F)CC3)OC1. The molecule has 0 saturated heterocycles. The lowest BCUT2D eigenvalue weighted by Gasteiger charge is -2.26. The predicted octanol–water partition coefficient (Wildman–Crippen LogP) is 8.15. The number of hydrogen-bond acceptors (Lipinski definition) is 2. The molecule has 2 aromatic carbocycles. The summed E-state index contributed by atoms with van der Waals surface area (Å²) in [5.41, 5.74) is 0.514. The number of aryl methyl sites for hydroxylation is 2. The molecule has 1 heterocycles. The van der Waals surface area contributed by atoms with Crippen molar-refractivity contribution >= 4 is 5.76 Å². The number of unbranched alkanes of at least 4 members (excludes halogenated alkanes) is 3. The summed E-state index contributed by atoms with van der Waals surface area (Å²) in [7, 11) is 0. The van der Waals surface area contributed by atoms with Gasteiger partial charge in [-0.05, 0) is 67.4 Å². The minimum absolute atomic E-state index is 0.0482. The van der Waals surface area contributed by atoms with Crippen molar-refractivity contribution in [3.05, 3.63) is 58.2 Å². The first-order valence-corrected chi connectivity index (χ1v) is 12.4. The Morgan fingerprint density at radius 3 is 2.18 bits per heavy atom. The minimum atomic E-state index is -1.20. The van der Waals surface area contributed by atoms with E-state index in [1.165, 1.54) is 18.6 Å². The van der Waals surface area contributed by atoms with Crippen molar-refractivity contribution < 1.29 is 27.0 Å². The lowest BCUT2D eigenvalue weighted by atomic mass is 9.83. The molecule has 1 atom stereocenters. The number of hydrogen-bond donors (Lipinski definition) is 0. The first-order chi connectivity index (χ1) is 16.5. The molecule has 4 rings (SSSR count). The standard InChI is InChI=1S/C28H32F4O2/c1-3-5-7-8-17-9-12-21(34-16-17)20-14-18-10-11-19-15-22(33-13-6-4-2)26(30)28(32)24(19)23(18)27(31)25(20)29/h12,14-15,17H,3-11,13,16H2,1-2H3. The second kappa shape index (κ2) is 10.8.